The summed E-state index contributed by atoms with van der Waals surface area (Å²) in [7, 11) is 0. The minimum Gasteiger partial charge on any atom is -0.543 e. The van der Waals surface area contributed by atoms with Gasteiger partial charge in [-0.05, 0) is 0 Å². The highest BCUT2D eigenvalue weighted by atomic mass is 32.2. The maximum Gasteiger partial charge on any atom is 0.276 e. The van der Waals surface area contributed by atoms with Crippen molar-refractivity contribution in [3.05, 3.63) is 65.1 Å². The summed E-state index contributed by atoms with van der Waals surface area (Å²) in [6.45, 7) is 0.197. The minimum atomic E-state index is -1.45. The zero-order valence-corrected chi connectivity index (χ0v) is 20.6. The first-order valence-electron chi connectivity index (χ1n) is 10.8. The molecular formula is C21H19N9O5S2. The standard InChI is InChI=1S/C21H19N9O5S2/c22-21-25-12(9-37-21)14(28-35-7-13-23-10-24-27-13)17(31)26-15-18(32)30-16(20(33)34)11(8-36-19(15)30)6-29-4-2-1-3-5-29/h1-5,9-10,15,19H,6-8H2,(H4-,22,23,24,25,26,27,31,33,34)/b28-14+/t15-,19-/m1/s1. The van der Waals surface area contributed by atoms with Crippen LogP contribution in [0.3, 0.4) is 0 Å². The molecule has 5 heterocycles. The van der Waals surface area contributed by atoms with Crippen LogP contribution >= 0.6 is 23.1 Å². The molecule has 1 saturated heterocycles. The fourth-order valence-corrected chi connectivity index (χ4v) is 5.71. The van der Waals surface area contributed by atoms with E-state index in [1.807, 2.05) is 22.8 Å². The number of thiazole rings is 1. The van der Waals surface area contributed by atoms with Crippen LogP contribution in [0.2, 0.25) is 0 Å². The molecule has 1 fully saturated rings. The molecule has 2 atom stereocenters. The molecule has 0 unspecified atom stereocenters. The van der Waals surface area contributed by atoms with E-state index in [-0.39, 0.29) is 35.4 Å². The number of carbonyl (C=O) groups is 3. The number of hydrogen-bond donors (Lipinski definition) is 3. The van der Waals surface area contributed by atoms with Gasteiger partial charge in [-0.15, -0.1) is 23.1 Å². The molecule has 0 aromatic carbocycles. The van der Waals surface area contributed by atoms with E-state index in [0.29, 0.717) is 17.2 Å². The van der Waals surface area contributed by atoms with Gasteiger partial charge in [0.1, 0.15) is 23.4 Å². The van der Waals surface area contributed by atoms with Crippen LogP contribution in [0.1, 0.15) is 11.5 Å². The molecule has 0 saturated carbocycles. The average Bonchev–Trinajstić information content (AvgIpc) is 3.57. The molecule has 190 valence electrons. The van der Waals surface area contributed by atoms with Crippen molar-refractivity contribution >= 4 is 51.7 Å². The number of amides is 2. The SMILES string of the molecule is Nc1nc(/C(=N\OCc2ncn[nH]2)C(=O)N[C@@H]2C(=O)N3C(C(=O)[O-])=C(C[n+]4ccccc4)CS[C@H]23)cs1. The molecule has 5 rings (SSSR count). The predicted molar refractivity (Wildman–Crippen MR) is 128 cm³/mol. The number of oxime groups is 1. The molecule has 2 aliphatic rings. The summed E-state index contributed by atoms with van der Waals surface area (Å²) >= 11 is 2.45. The topological polar surface area (TPSA) is 195 Å². The fourth-order valence-electron chi connectivity index (χ4n) is 3.82. The van der Waals surface area contributed by atoms with E-state index in [1.165, 1.54) is 23.5 Å². The van der Waals surface area contributed by atoms with Gasteiger partial charge in [-0.25, -0.2) is 14.5 Å². The number of H-pyrrole nitrogens is 1. The number of thioether (sulfide) groups is 1. The third kappa shape index (κ3) is 5.01. The van der Waals surface area contributed by atoms with Gasteiger partial charge in [0.15, 0.2) is 42.2 Å². The van der Waals surface area contributed by atoms with Crippen LogP contribution in [0.25, 0.3) is 0 Å². The number of carbonyl (C=O) groups excluding carboxylic acids is 3. The molecule has 0 bridgehead atoms. The Labute approximate surface area is 217 Å². The molecule has 16 heteroatoms. The maximum absolute atomic E-state index is 13.1. The molecule has 4 N–H and O–H groups in total. The van der Waals surface area contributed by atoms with Crippen molar-refractivity contribution in [3.8, 4) is 0 Å². The summed E-state index contributed by atoms with van der Waals surface area (Å²) in [4.78, 5) is 52.5. The van der Waals surface area contributed by atoms with Crippen molar-refractivity contribution < 1.29 is 28.9 Å². The second-order valence-corrected chi connectivity index (χ2v) is 9.86. The van der Waals surface area contributed by atoms with Crippen LogP contribution in [0.5, 0.6) is 0 Å². The number of aromatic nitrogens is 5. The Kier molecular flexibility index (Phi) is 6.82. The van der Waals surface area contributed by atoms with Crippen molar-refractivity contribution in [2.45, 2.75) is 24.6 Å². The second-order valence-electron chi connectivity index (χ2n) is 7.86. The lowest BCUT2D eigenvalue weighted by Gasteiger charge is -2.50. The smallest absolute Gasteiger partial charge is 0.276 e. The lowest BCUT2D eigenvalue weighted by atomic mass is 10.0. The molecule has 0 aliphatic carbocycles. The van der Waals surface area contributed by atoms with Crippen molar-refractivity contribution in [2.75, 3.05) is 11.5 Å². The first kappa shape index (κ1) is 24.4. The van der Waals surface area contributed by atoms with Crippen molar-refractivity contribution in [3.63, 3.8) is 0 Å². The molecule has 0 spiro atoms. The first-order valence-corrected chi connectivity index (χ1v) is 12.7. The Hall–Kier alpha value is -4.31. The number of nitrogens with two attached hydrogens (primary N) is 1. The van der Waals surface area contributed by atoms with Gasteiger partial charge in [-0.2, -0.15) is 5.10 Å². The zero-order valence-electron chi connectivity index (χ0n) is 18.9. The van der Waals surface area contributed by atoms with Gasteiger partial charge in [0.2, 0.25) is 0 Å². The third-order valence-corrected chi connectivity index (χ3v) is 7.49. The second kappa shape index (κ2) is 10.4. The Bertz CT molecular complexity index is 1390. The summed E-state index contributed by atoms with van der Waals surface area (Å²) in [5, 5.41) is 25.9. The van der Waals surface area contributed by atoms with Gasteiger partial charge >= 0.3 is 0 Å². The summed E-state index contributed by atoms with van der Waals surface area (Å²) in [6.07, 6.45) is 4.90. The van der Waals surface area contributed by atoms with Crippen molar-refractivity contribution in [1.29, 1.82) is 0 Å². The van der Waals surface area contributed by atoms with Crippen LogP contribution in [-0.2, 0) is 32.4 Å². The van der Waals surface area contributed by atoms with Crippen LogP contribution in [-0.4, -0.2) is 65.7 Å². The number of carboxylic acid groups (broad SMARTS) is 1. The molecule has 3 aromatic rings. The monoisotopic (exact) mass is 541 g/mol. The fraction of sp³-hybridized carbons (Fsp3) is 0.238. The van der Waals surface area contributed by atoms with Crippen LogP contribution in [0, 0.1) is 0 Å². The van der Waals surface area contributed by atoms with Gasteiger partial charge in [0, 0.05) is 28.8 Å². The Balaban J connectivity index is 1.32. The summed E-state index contributed by atoms with van der Waals surface area (Å²) < 4.78 is 1.81. The number of pyridine rings is 1. The quantitative estimate of drug-likeness (QED) is 0.120. The first-order chi connectivity index (χ1) is 17.9. The van der Waals surface area contributed by atoms with Crippen LogP contribution in [0.4, 0.5) is 5.13 Å². The Morgan fingerprint density at radius 2 is 2.16 bits per heavy atom. The number of fused-ring (bicyclic) bond motifs is 1. The summed E-state index contributed by atoms with van der Waals surface area (Å²) in [5.74, 6) is -2.02. The van der Waals surface area contributed by atoms with E-state index in [1.54, 1.807) is 12.4 Å². The van der Waals surface area contributed by atoms with Crippen molar-refractivity contribution in [1.82, 2.24) is 30.4 Å². The normalized spacial score (nSPS) is 19.3. The predicted octanol–water partition coefficient (Wildman–Crippen LogP) is -1.84. The van der Waals surface area contributed by atoms with Crippen LogP contribution in [0.15, 0.2) is 58.7 Å². The molecule has 2 amide bonds. The zero-order chi connectivity index (χ0) is 25.9. The molecule has 37 heavy (non-hydrogen) atoms. The lowest BCUT2D eigenvalue weighted by molar-refractivity contribution is -0.689. The van der Waals surface area contributed by atoms with Gasteiger partial charge < -0.3 is 25.8 Å². The number of aliphatic carboxylic acids is 1. The molecule has 3 aromatic heterocycles. The molecular weight excluding hydrogens is 522 g/mol. The number of nitrogens with one attached hydrogen (secondary N) is 2. The molecule has 2 aliphatic heterocycles. The van der Waals surface area contributed by atoms with Crippen LogP contribution < -0.4 is 20.7 Å². The van der Waals surface area contributed by atoms with Gasteiger partial charge in [0.25, 0.3) is 11.8 Å². The van der Waals surface area contributed by atoms with E-state index in [9.17, 15) is 19.5 Å². The maximum atomic E-state index is 13.1. The van der Waals surface area contributed by atoms with E-state index in [4.69, 9.17) is 10.6 Å². The number of anilines is 1. The van der Waals surface area contributed by atoms with E-state index >= 15 is 0 Å². The number of nitrogen functional groups attached to an aromatic ring is 1. The number of rotatable bonds is 9. The number of hydrogen-bond acceptors (Lipinski definition) is 12. The number of nitrogens with zero attached hydrogens (tertiary/aromatic N) is 6. The summed E-state index contributed by atoms with van der Waals surface area (Å²) in [5.41, 5.74) is 6.04. The van der Waals surface area contributed by atoms with Gasteiger partial charge in [-0.3, -0.25) is 19.6 Å². The molecule has 0 radical (unpaired) electrons. The minimum absolute atomic E-state index is 0.0903. The lowest BCUT2D eigenvalue weighted by Crippen LogP contribution is -2.71. The molecule has 14 nitrogen and oxygen atoms in total. The van der Waals surface area contributed by atoms with E-state index in [2.05, 4.69) is 30.6 Å². The Morgan fingerprint density at radius 3 is 2.84 bits per heavy atom. The van der Waals surface area contributed by atoms with E-state index in [0.717, 1.165) is 16.2 Å². The highest BCUT2D eigenvalue weighted by Crippen LogP contribution is 2.40. The van der Waals surface area contributed by atoms with E-state index < -0.39 is 29.2 Å². The largest absolute Gasteiger partial charge is 0.543 e. The average molecular weight is 542 g/mol. The highest BCUT2D eigenvalue weighted by Gasteiger charge is 2.53. The van der Waals surface area contributed by atoms with Gasteiger partial charge in [0.05, 0.1) is 11.7 Å². The number of β-lactam (4-membered cyclic amide) rings is 1. The third-order valence-electron chi connectivity index (χ3n) is 5.48. The van der Waals surface area contributed by atoms with Crippen molar-refractivity contribution in [2.24, 2.45) is 5.16 Å². The number of aromatic amines is 1. The summed E-state index contributed by atoms with van der Waals surface area (Å²) in [6, 6.07) is 4.51. The number of carboxylic acids is 1. The van der Waals surface area contributed by atoms with Gasteiger partial charge in [-0.1, -0.05) is 11.2 Å². The highest BCUT2D eigenvalue weighted by molar-refractivity contribution is 8.00. The Morgan fingerprint density at radius 1 is 1.35 bits per heavy atom.